The van der Waals surface area contributed by atoms with Crippen molar-refractivity contribution in [2.45, 2.75) is 51.0 Å². The number of hydrogen-bond donors (Lipinski definition) is 1. The van der Waals surface area contributed by atoms with Gasteiger partial charge in [0.1, 0.15) is 0 Å². The highest BCUT2D eigenvalue weighted by atomic mass is 14.9. The summed E-state index contributed by atoms with van der Waals surface area (Å²) >= 11 is 0. The number of nitrogens with zero attached hydrogens (tertiary/aromatic N) is 1. The van der Waals surface area contributed by atoms with Crippen LogP contribution in [0.1, 0.15) is 44.9 Å². The lowest BCUT2D eigenvalue weighted by Gasteiger charge is -2.28. The molecule has 0 aromatic heterocycles. The van der Waals surface area contributed by atoms with E-state index in [1.54, 1.807) is 0 Å². The van der Waals surface area contributed by atoms with E-state index in [2.05, 4.69) is 17.5 Å². The molecule has 1 saturated heterocycles. The van der Waals surface area contributed by atoms with Crippen LogP contribution in [0.3, 0.4) is 0 Å². The van der Waals surface area contributed by atoms with Crippen LogP contribution in [0.5, 0.6) is 0 Å². The maximum absolute atomic E-state index is 5.08. The van der Waals surface area contributed by atoms with Crippen LogP contribution in [0.25, 0.3) is 0 Å². The summed E-state index contributed by atoms with van der Waals surface area (Å²) in [5.41, 5.74) is 1.39. The lowest BCUT2D eigenvalue weighted by molar-refractivity contribution is 0.421. The van der Waals surface area contributed by atoms with Crippen molar-refractivity contribution < 1.29 is 0 Å². The summed E-state index contributed by atoms with van der Waals surface area (Å²) in [5, 5.41) is 3.50. The van der Waals surface area contributed by atoms with E-state index in [1.165, 1.54) is 57.2 Å². The van der Waals surface area contributed by atoms with E-state index in [4.69, 9.17) is 4.99 Å². The zero-order chi connectivity index (χ0) is 11.5. The Balaban J connectivity index is 1.67. The van der Waals surface area contributed by atoms with E-state index in [0.29, 0.717) is 12.0 Å². The number of dihydropyridines is 1. The molecule has 17 heavy (non-hydrogen) atoms. The third-order valence-corrected chi connectivity index (χ3v) is 4.64. The van der Waals surface area contributed by atoms with E-state index >= 15 is 0 Å². The van der Waals surface area contributed by atoms with E-state index in [1.807, 2.05) is 0 Å². The van der Waals surface area contributed by atoms with E-state index in [-0.39, 0.29) is 0 Å². The summed E-state index contributed by atoms with van der Waals surface area (Å²) in [5.74, 6) is 1.57. The summed E-state index contributed by atoms with van der Waals surface area (Å²) in [6.07, 6.45) is 14.2. The molecule has 0 amide bonds. The third-order valence-electron chi connectivity index (χ3n) is 4.64. The number of allylic oxidation sites excluding steroid dienone is 1. The van der Waals surface area contributed by atoms with Gasteiger partial charge in [0.05, 0.1) is 6.04 Å². The lowest BCUT2D eigenvalue weighted by Crippen LogP contribution is -2.35. The van der Waals surface area contributed by atoms with Gasteiger partial charge in [-0.1, -0.05) is 18.9 Å². The number of nitrogens with one attached hydrogen (secondary N) is 1. The van der Waals surface area contributed by atoms with Gasteiger partial charge in [0, 0.05) is 18.2 Å². The fourth-order valence-corrected chi connectivity index (χ4v) is 3.60. The molecule has 1 N–H and O–H groups in total. The average Bonchev–Trinajstić information content (AvgIpc) is 2.94. The minimum Gasteiger partial charge on any atom is -0.316 e. The van der Waals surface area contributed by atoms with Crippen LogP contribution in [0.2, 0.25) is 0 Å². The van der Waals surface area contributed by atoms with Crippen LogP contribution >= 0.6 is 0 Å². The Labute approximate surface area is 105 Å². The first-order chi connectivity index (χ1) is 8.43. The van der Waals surface area contributed by atoms with Crippen molar-refractivity contribution in [2.75, 3.05) is 13.1 Å². The molecule has 2 heteroatoms. The van der Waals surface area contributed by atoms with Crippen LogP contribution in [0.15, 0.2) is 17.1 Å². The zero-order valence-electron chi connectivity index (χ0n) is 10.7. The summed E-state index contributed by atoms with van der Waals surface area (Å²) < 4.78 is 0. The van der Waals surface area contributed by atoms with Crippen LogP contribution in [0.4, 0.5) is 0 Å². The van der Waals surface area contributed by atoms with Gasteiger partial charge in [-0.05, 0) is 50.6 Å². The second-order valence-corrected chi connectivity index (χ2v) is 5.85. The van der Waals surface area contributed by atoms with Gasteiger partial charge >= 0.3 is 0 Å². The SMILES string of the molecule is C1=CC(C2CCCNC2)=NC(C2CCCC2)C1. The molecule has 0 bridgehead atoms. The van der Waals surface area contributed by atoms with Gasteiger partial charge in [0.25, 0.3) is 0 Å². The Hall–Kier alpha value is -0.630. The lowest BCUT2D eigenvalue weighted by atomic mass is 9.89. The van der Waals surface area contributed by atoms with Gasteiger partial charge < -0.3 is 5.32 Å². The molecule has 2 fully saturated rings. The molecule has 0 spiro atoms. The van der Waals surface area contributed by atoms with Crippen molar-refractivity contribution in [1.82, 2.24) is 5.32 Å². The summed E-state index contributed by atoms with van der Waals surface area (Å²) in [6.45, 7) is 2.33. The highest BCUT2D eigenvalue weighted by Crippen LogP contribution is 2.33. The predicted octanol–water partition coefficient (Wildman–Crippen LogP) is 2.95. The van der Waals surface area contributed by atoms with Crippen molar-refractivity contribution in [3.8, 4) is 0 Å². The smallest absolute Gasteiger partial charge is 0.0565 e. The molecule has 1 saturated carbocycles. The Morgan fingerprint density at radius 1 is 1.12 bits per heavy atom. The normalized spacial score (nSPS) is 34.9. The molecule has 2 nitrogen and oxygen atoms in total. The molecule has 3 rings (SSSR count). The molecule has 3 aliphatic rings. The first-order valence-electron chi connectivity index (χ1n) is 7.38. The van der Waals surface area contributed by atoms with Crippen LogP contribution in [-0.2, 0) is 0 Å². The molecule has 0 aromatic rings. The fourth-order valence-electron chi connectivity index (χ4n) is 3.60. The Morgan fingerprint density at radius 3 is 2.76 bits per heavy atom. The maximum Gasteiger partial charge on any atom is 0.0565 e. The number of hydrogen-bond acceptors (Lipinski definition) is 2. The standard InChI is InChI=1S/C15H24N2/c1-2-6-12(5-1)14-8-3-9-15(17-14)13-7-4-10-16-11-13/h3,9,12-14,16H,1-2,4-8,10-11H2. The molecule has 0 radical (unpaired) electrons. The van der Waals surface area contributed by atoms with Crippen LogP contribution in [-0.4, -0.2) is 24.8 Å². The Morgan fingerprint density at radius 2 is 2.00 bits per heavy atom. The third kappa shape index (κ3) is 2.62. The van der Waals surface area contributed by atoms with Crippen LogP contribution in [0, 0.1) is 11.8 Å². The highest BCUT2D eigenvalue weighted by Gasteiger charge is 2.27. The van der Waals surface area contributed by atoms with E-state index < -0.39 is 0 Å². The molecule has 2 unspecified atom stereocenters. The largest absolute Gasteiger partial charge is 0.316 e. The van der Waals surface area contributed by atoms with Gasteiger partial charge in [0.15, 0.2) is 0 Å². The second-order valence-electron chi connectivity index (χ2n) is 5.85. The molecule has 0 aromatic carbocycles. The zero-order valence-corrected chi connectivity index (χ0v) is 10.7. The van der Waals surface area contributed by atoms with E-state index in [9.17, 15) is 0 Å². The van der Waals surface area contributed by atoms with Crippen LogP contribution < -0.4 is 5.32 Å². The van der Waals surface area contributed by atoms with Gasteiger partial charge in [-0.15, -0.1) is 0 Å². The number of piperidine rings is 1. The first-order valence-corrected chi connectivity index (χ1v) is 7.38. The molecule has 2 atom stereocenters. The molecule has 2 aliphatic heterocycles. The molecular formula is C15H24N2. The first kappa shape index (κ1) is 11.5. The highest BCUT2D eigenvalue weighted by molar-refractivity contribution is 5.97. The van der Waals surface area contributed by atoms with Gasteiger partial charge in [-0.3, -0.25) is 4.99 Å². The summed E-state index contributed by atoms with van der Waals surface area (Å²) in [6, 6.07) is 0.611. The van der Waals surface area contributed by atoms with Gasteiger partial charge in [0.2, 0.25) is 0 Å². The number of aliphatic imine (C=N–C) groups is 1. The topological polar surface area (TPSA) is 24.4 Å². The molecule has 1 aliphatic carbocycles. The molecular weight excluding hydrogens is 208 g/mol. The Bertz CT molecular complexity index is 307. The average molecular weight is 232 g/mol. The predicted molar refractivity (Wildman–Crippen MR) is 72.5 cm³/mol. The van der Waals surface area contributed by atoms with Crippen molar-refractivity contribution >= 4 is 5.71 Å². The monoisotopic (exact) mass is 232 g/mol. The summed E-state index contributed by atoms with van der Waals surface area (Å²) in [4.78, 5) is 5.08. The fraction of sp³-hybridized carbons (Fsp3) is 0.800. The minimum atomic E-state index is 0.611. The van der Waals surface area contributed by atoms with E-state index in [0.717, 1.165) is 12.5 Å². The summed E-state index contributed by atoms with van der Waals surface area (Å²) in [7, 11) is 0. The van der Waals surface area contributed by atoms with Crippen molar-refractivity contribution in [3.05, 3.63) is 12.2 Å². The Kier molecular flexibility index (Phi) is 3.60. The molecule has 2 heterocycles. The number of rotatable bonds is 2. The van der Waals surface area contributed by atoms with Crippen molar-refractivity contribution in [2.24, 2.45) is 16.8 Å². The van der Waals surface area contributed by atoms with Gasteiger partial charge in [-0.25, -0.2) is 0 Å². The van der Waals surface area contributed by atoms with Gasteiger partial charge in [-0.2, -0.15) is 0 Å². The second kappa shape index (κ2) is 5.34. The maximum atomic E-state index is 5.08. The quantitative estimate of drug-likeness (QED) is 0.777. The van der Waals surface area contributed by atoms with Crippen molar-refractivity contribution in [1.29, 1.82) is 0 Å². The minimum absolute atomic E-state index is 0.611. The van der Waals surface area contributed by atoms with Crippen molar-refractivity contribution in [3.63, 3.8) is 0 Å². The molecule has 94 valence electrons.